The van der Waals surface area contributed by atoms with E-state index in [9.17, 15) is 4.79 Å². The Balaban J connectivity index is 0.000000665. The lowest BCUT2D eigenvalue weighted by Crippen LogP contribution is -2.27. The van der Waals surface area contributed by atoms with E-state index < -0.39 is 19.3 Å². The first-order valence-electron chi connectivity index (χ1n) is 10.4. The SMILES string of the molecule is C=CC(=O)OC(CC[SiH2]OCC)Cc1ccccc1.CCO[SiH](OCC)OCC. The van der Waals surface area contributed by atoms with Crippen LogP contribution in [0, 0.1) is 0 Å². The summed E-state index contributed by atoms with van der Waals surface area (Å²) in [4.78, 5) is 11.3. The van der Waals surface area contributed by atoms with Gasteiger partial charge in [-0.15, -0.1) is 0 Å². The van der Waals surface area contributed by atoms with Crippen LogP contribution in [0.15, 0.2) is 43.0 Å². The summed E-state index contributed by atoms with van der Waals surface area (Å²) in [6.45, 7) is 14.1. The van der Waals surface area contributed by atoms with Gasteiger partial charge in [0.15, 0.2) is 9.76 Å². The molecular formula is C21H38O6Si2. The van der Waals surface area contributed by atoms with Gasteiger partial charge in [-0.05, 0) is 45.7 Å². The average molecular weight is 443 g/mol. The lowest BCUT2D eigenvalue weighted by Gasteiger charge is -2.17. The van der Waals surface area contributed by atoms with Crippen LogP contribution in [0.1, 0.15) is 39.7 Å². The Hall–Kier alpha value is -1.30. The molecule has 0 saturated carbocycles. The van der Waals surface area contributed by atoms with E-state index in [2.05, 4.69) is 18.7 Å². The highest BCUT2D eigenvalue weighted by Crippen LogP contribution is 2.12. The second kappa shape index (κ2) is 20.0. The summed E-state index contributed by atoms with van der Waals surface area (Å²) in [5.41, 5.74) is 1.18. The molecule has 0 amide bonds. The summed E-state index contributed by atoms with van der Waals surface area (Å²) < 4.78 is 26.5. The molecule has 0 bridgehead atoms. The van der Waals surface area contributed by atoms with E-state index in [1.165, 1.54) is 11.6 Å². The maximum Gasteiger partial charge on any atom is 0.484 e. The Morgan fingerprint density at radius 2 is 1.62 bits per heavy atom. The zero-order valence-corrected chi connectivity index (χ0v) is 21.0. The number of benzene rings is 1. The van der Waals surface area contributed by atoms with Crippen molar-refractivity contribution in [2.75, 3.05) is 26.4 Å². The van der Waals surface area contributed by atoms with Crippen molar-refractivity contribution in [3.63, 3.8) is 0 Å². The normalized spacial score (nSPS) is 11.9. The molecule has 0 fully saturated rings. The van der Waals surface area contributed by atoms with E-state index in [0.29, 0.717) is 19.8 Å². The first-order valence-corrected chi connectivity index (χ1v) is 13.4. The maximum absolute atomic E-state index is 11.3. The number of hydrogen-bond donors (Lipinski definition) is 0. The summed E-state index contributed by atoms with van der Waals surface area (Å²) in [5, 5.41) is 0. The van der Waals surface area contributed by atoms with Gasteiger partial charge in [0.1, 0.15) is 6.10 Å². The Kier molecular flexibility index (Phi) is 19.1. The lowest BCUT2D eigenvalue weighted by molar-refractivity contribution is -0.143. The van der Waals surface area contributed by atoms with Crippen molar-refractivity contribution in [2.24, 2.45) is 0 Å². The predicted octanol–water partition coefficient (Wildman–Crippen LogP) is 3.07. The smallest absolute Gasteiger partial charge is 0.459 e. The predicted molar refractivity (Wildman–Crippen MR) is 122 cm³/mol. The molecule has 0 spiro atoms. The van der Waals surface area contributed by atoms with E-state index in [1.54, 1.807) is 0 Å². The zero-order valence-electron chi connectivity index (χ0n) is 18.4. The van der Waals surface area contributed by atoms with E-state index in [1.807, 2.05) is 45.9 Å². The Morgan fingerprint density at radius 3 is 2.10 bits per heavy atom. The number of hydrogen-bond acceptors (Lipinski definition) is 6. The first-order chi connectivity index (χ1) is 14.1. The quantitative estimate of drug-likeness (QED) is 0.180. The van der Waals surface area contributed by atoms with Crippen LogP contribution in [0.5, 0.6) is 0 Å². The van der Waals surface area contributed by atoms with Crippen LogP contribution in [0.3, 0.4) is 0 Å². The van der Waals surface area contributed by atoms with Gasteiger partial charge in [0.05, 0.1) is 0 Å². The van der Waals surface area contributed by atoms with Crippen LogP contribution in [-0.4, -0.2) is 57.8 Å². The minimum Gasteiger partial charge on any atom is -0.459 e. The third-order valence-corrected chi connectivity index (χ3v) is 6.89. The molecule has 0 aliphatic rings. The molecule has 0 N–H and O–H groups in total. The molecule has 1 atom stereocenters. The van der Waals surface area contributed by atoms with Gasteiger partial charge in [-0.25, -0.2) is 4.79 Å². The Bertz CT molecular complexity index is 501. The minimum atomic E-state index is -1.73. The molecule has 1 aromatic rings. The monoisotopic (exact) mass is 442 g/mol. The third kappa shape index (κ3) is 16.2. The van der Waals surface area contributed by atoms with Gasteiger partial charge in [0, 0.05) is 38.9 Å². The van der Waals surface area contributed by atoms with Crippen LogP contribution in [-0.2, 0) is 33.7 Å². The molecule has 29 heavy (non-hydrogen) atoms. The molecule has 1 rings (SSSR count). The summed E-state index contributed by atoms with van der Waals surface area (Å²) in [6, 6.07) is 11.1. The van der Waals surface area contributed by atoms with Crippen molar-refractivity contribution in [3.8, 4) is 0 Å². The van der Waals surface area contributed by atoms with Crippen LogP contribution in [0.25, 0.3) is 0 Å². The number of rotatable bonds is 15. The van der Waals surface area contributed by atoms with E-state index in [-0.39, 0.29) is 12.1 Å². The van der Waals surface area contributed by atoms with Crippen molar-refractivity contribution in [1.82, 2.24) is 0 Å². The van der Waals surface area contributed by atoms with E-state index in [4.69, 9.17) is 22.4 Å². The number of carbonyl (C=O) groups excluding carboxylic acids is 1. The van der Waals surface area contributed by atoms with E-state index >= 15 is 0 Å². The van der Waals surface area contributed by atoms with Gasteiger partial charge in [-0.3, -0.25) is 0 Å². The van der Waals surface area contributed by atoms with Crippen molar-refractivity contribution < 1.29 is 27.2 Å². The number of carbonyl (C=O) groups is 1. The van der Waals surface area contributed by atoms with Crippen molar-refractivity contribution >= 4 is 25.3 Å². The fraction of sp³-hybridized carbons (Fsp3) is 0.571. The molecular weight excluding hydrogens is 404 g/mol. The molecule has 6 nitrogen and oxygen atoms in total. The molecule has 0 aromatic heterocycles. The fourth-order valence-corrected chi connectivity index (χ4v) is 4.62. The fourth-order valence-electron chi connectivity index (χ4n) is 2.40. The summed E-state index contributed by atoms with van der Waals surface area (Å²) in [7, 11) is -2.21. The molecule has 8 heteroatoms. The first kappa shape index (κ1) is 27.7. The molecule has 1 aromatic carbocycles. The standard InChI is InChI=1S/C15H22O3Si.C6H16O3Si/c1-3-15(16)18-14(10-11-19-17-4-2)12-13-8-6-5-7-9-13;1-4-7-10(8-5-2)9-6-3/h3,5-9,14H,1,4,10-12,19H2,2H3;10H,4-6H2,1-3H3. The second-order valence-corrected chi connectivity index (χ2v) is 9.05. The van der Waals surface area contributed by atoms with E-state index in [0.717, 1.165) is 25.5 Å². The largest absolute Gasteiger partial charge is 0.484 e. The van der Waals surface area contributed by atoms with Crippen molar-refractivity contribution in [2.45, 2.75) is 52.7 Å². The van der Waals surface area contributed by atoms with Gasteiger partial charge in [-0.2, -0.15) is 0 Å². The average Bonchev–Trinajstić information content (AvgIpc) is 2.73. The maximum atomic E-state index is 11.3. The summed E-state index contributed by atoms with van der Waals surface area (Å²) in [5.74, 6) is -0.348. The number of esters is 1. The second-order valence-electron chi connectivity index (χ2n) is 5.95. The molecule has 1 unspecified atom stereocenters. The highest BCUT2D eigenvalue weighted by molar-refractivity contribution is 6.36. The van der Waals surface area contributed by atoms with Crippen LogP contribution < -0.4 is 0 Å². The third-order valence-electron chi connectivity index (χ3n) is 3.68. The zero-order chi connectivity index (χ0) is 21.7. The minimum absolute atomic E-state index is 0.0825. The highest BCUT2D eigenvalue weighted by atomic mass is 28.3. The molecule has 0 saturated heterocycles. The Morgan fingerprint density at radius 1 is 1.03 bits per heavy atom. The molecule has 0 aliphatic heterocycles. The van der Waals surface area contributed by atoms with Gasteiger partial charge >= 0.3 is 15.5 Å². The molecule has 0 radical (unpaired) electrons. The van der Waals surface area contributed by atoms with Crippen LogP contribution in [0.2, 0.25) is 6.04 Å². The van der Waals surface area contributed by atoms with Crippen LogP contribution >= 0.6 is 0 Å². The summed E-state index contributed by atoms with van der Waals surface area (Å²) >= 11 is 0. The molecule has 166 valence electrons. The van der Waals surface area contributed by atoms with Crippen molar-refractivity contribution in [1.29, 1.82) is 0 Å². The van der Waals surface area contributed by atoms with Gasteiger partial charge < -0.3 is 22.4 Å². The topological polar surface area (TPSA) is 63.2 Å². The molecule has 0 heterocycles. The van der Waals surface area contributed by atoms with Gasteiger partial charge in [-0.1, -0.05) is 36.9 Å². The van der Waals surface area contributed by atoms with Gasteiger partial charge in [0.25, 0.3) is 0 Å². The Labute approximate surface area is 180 Å². The lowest BCUT2D eigenvalue weighted by atomic mass is 10.1. The summed E-state index contributed by atoms with van der Waals surface area (Å²) in [6.07, 6.45) is 2.75. The van der Waals surface area contributed by atoms with Crippen LogP contribution in [0.4, 0.5) is 0 Å². The molecule has 0 aliphatic carbocycles. The van der Waals surface area contributed by atoms with Crippen molar-refractivity contribution in [3.05, 3.63) is 48.6 Å². The van der Waals surface area contributed by atoms with Gasteiger partial charge in [0.2, 0.25) is 0 Å². The number of ether oxygens (including phenoxy) is 1. The highest BCUT2D eigenvalue weighted by Gasteiger charge is 2.13.